The van der Waals surface area contributed by atoms with Gasteiger partial charge in [-0.25, -0.2) is 4.79 Å². The number of carbonyl (C=O) groups is 2. The molecule has 12 heavy (non-hydrogen) atoms. The lowest BCUT2D eigenvalue weighted by Gasteiger charge is -2.10. The van der Waals surface area contributed by atoms with Gasteiger partial charge in [-0.05, 0) is 6.92 Å². The average Bonchev–Trinajstić information content (AvgIpc) is 1.98. The summed E-state index contributed by atoms with van der Waals surface area (Å²) < 4.78 is 4.91. The summed E-state index contributed by atoms with van der Waals surface area (Å²) in [6.45, 7) is 2.11. The van der Waals surface area contributed by atoms with Gasteiger partial charge in [-0.3, -0.25) is 10.1 Å². The number of nitrogens with two attached hydrogens (primary N) is 2. The lowest BCUT2D eigenvalue weighted by Crippen LogP contribution is -2.41. The molecule has 0 bridgehead atoms. The van der Waals surface area contributed by atoms with Crippen LogP contribution in [0.2, 0.25) is 0 Å². The van der Waals surface area contributed by atoms with Crippen molar-refractivity contribution in [1.29, 1.82) is 0 Å². The Hall–Kier alpha value is -1.14. The van der Waals surface area contributed by atoms with Crippen molar-refractivity contribution in [1.82, 2.24) is 5.32 Å². The van der Waals surface area contributed by atoms with E-state index in [2.05, 4.69) is 0 Å². The predicted molar refractivity (Wildman–Crippen MR) is 42.2 cm³/mol. The minimum atomic E-state index is -0.886. The molecule has 0 aliphatic rings. The summed E-state index contributed by atoms with van der Waals surface area (Å²) in [7, 11) is 0. The van der Waals surface area contributed by atoms with E-state index >= 15 is 0 Å². The molecule has 0 rings (SSSR count). The zero-order valence-corrected chi connectivity index (χ0v) is 6.87. The quantitative estimate of drug-likeness (QED) is 0.485. The highest BCUT2D eigenvalue weighted by Gasteiger charge is 2.13. The first kappa shape index (κ1) is 10.9. The van der Waals surface area contributed by atoms with E-state index in [0.717, 1.165) is 0 Å². The van der Waals surface area contributed by atoms with Crippen LogP contribution in [0.25, 0.3) is 0 Å². The Kier molecular flexibility index (Phi) is 4.98. The fourth-order valence-electron chi connectivity index (χ4n) is 0.544. The highest BCUT2D eigenvalue weighted by Crippen LogP contribution is 1.88. The molecule has 6 heteroatoms. The van der Waals surface area contributed by atoms with E-state index < -0.39 is 18.0 Å². The number of ether oxygens (including phenoxy) is 1. The van der Waals surface area contributed by atoms with Crippen LogP contribution in [0, 0.1) is 0 Å². The van der Waals surface area contributed by atoms with Crippen molar-refractivity contribution < 1.29 is 14.3 Å². The van der Waals surface area contributed by atoms with Crippen molar-refractivity contribution in [2.45, 2.75) is 13.0 Å². The SMILES string of the molecule is CC(OCCN)C(=O)NC(N)=O. The predicted octanol–water partition coefficient (Wildman–Crippen LogP) is -1.45. The normalized spacial score (nSPS) is 12.2. The monoisotopic (exact) mass is 175 g/mol. The van der Waals surface area contributed by atoms with Crippen LogP contribution >= 0.6 is 0 Å². The molecule has 1 unspecified atom stereocenters. The Morgan fingerprint density at radius 2 is 2.17 bits per heavy atom. The topological polar surface area (TPSA) is 107 Å². The van der Waals surface area contributed by atoms with Crippen molar-refractivity contribution in [2.75, 3.05) is 13.2 Å². The first-order chi connectivity index (χ1) is 5.57. The van der Waals surface area contributed by atoms with E-state index in [4.69, 9.17) is 16.2 Å². The third-order valence-electron chi connectivity index (χ3n) is 1.10. The summed E-state index contributed by atoms with van der Waals surface area (Å²) in [5.74, 6) is -0.559. The van der Waals surface area contributed by atoms with Crippen molar-refractivity contribution >= 4 is 11.9 Å². The summed E-state index contributed by atoms with van der Waals surface area (Å²) in [6, 6.07) is -0.886. The second kappa shape index (κ2) is 5.50. The first-order valence-corrected chi connectivity index (χ1v) is 3.50. The Balaban J connectivity index is 3.69. The van der Waals surface area contributed by atoms with Gasteiger partial charge >= 0.3 is 6.03 Å². The molecule has 0 saturated heterocycles. The van der Waals surface area contributed by atoms with Gasteiger partial charge in [0.25, 0.3) is 5.91 Å². The van der Waals surface area contributed by atoms with Gasteiger partial charge in [-0.15, -0.1) is 0 Å². The molecule has 5 N–H and O–H groups in total. The van der Waals surface area contributed by atoms with Gasteiger partial charge in [0.1, 0.15) is 6.10 Å². The van der Waals surface area contributed by atoms with Crippen LogP contribution < -0.4 is 16.8 Å². The number of nitrogens with one attached hydrogen (secondary N) is 1. The largest absolute Gasteiger partial charge is 0.367 e. The molecule has 70 valence electrons. The van der Waals surface area contributed by atoms with Crippen molar-refractivity contribution in [3.63, 3.8) is 0 Å². The number of imide groups is 1. The van der Waals surface area contributed by atoms with Crippen LogP contribution in [0.15, 0.2) is 0 Å². The van der Waals surface area contributed by atoms with Crippen LogP contribution in [0.1, 0.15) is 6.92 Å². The van der Waals surface area contributed by atoms with Crippen molar-refractivity contribution in [3.05, 3.63) is 0 Å². The number of amides is 3. The molecule has 0 fully saturated rings. The van der Waals surface area contributed by atoms with E-state index in [9.17, 15) is 9.59 Å². The molecule has 0 saturated carbocycles. The lowest BCUT2D eigenvalue weighted by molar-refractivity contribution is -0.130. The highest BCUT2D eigenvalue weighted by atomic mass is 16.5. The Morgan fingerprint density at radius 1 is 1.58 bits per heavy atom. The minimum Gasteiger partial charge on any atom is -0.367 e. The van der Waals surface area contributed by atoms with Crippen LogP contribution in [0.4, 0.5) is 4.79 Å². The molecule has 6 nitrogen and oxygen atoms in total. The number of carbonyl (C=O) groups excluding carboxylic acids is 2. The molecule has 0 heterocycles. The van der Waals surface area contributed by atoms with Gasteiger partial charge in [0.15, 0.2) is 0 Å². The first-order valence-electron chi connectivity index (χ1n) is 3.50. The smallest absolute Gasteiger partial charge is 0.318 e. The van der Waals surface area contributed by atoms with Gasteiger partial charge in [0, 0.05) is 6.54 Å². The zero-order chi connectivity index (χ0) is 9.56. The molecule has 0 aromatic rings. The fraction of sp³-hybridized carbons (Fsp3) is 0.667. The molecule has 0 radical (unpaired) electrons. The Bertz CT molecular complexity index is 171. The summed E-state index contributed by atoms with van der Waals surface area (Å²) in [5.41, 5.74) is 9.84. The van der Waals surface area contributed by atoms with Gasteiger partial charge in [0.05, 0.1) is 6.61 Å². The summed E-state index contributed by atoms with van der Waals surface area (Å²) in [4.78, 5) is 21.1. The highest BCUT2D eigenvalue weighted by molar-refractivity contribution is 5.95. The Labute approximate surface area is 70.2 Å². The number of rotatable bonds is 4. The van der Waals surface area contributed by atoms with E-state index in [1.807, 2.05) is 5.32 Å². The Morgan fingerprint density at radius 3 is 2.58 bits per heavy atom. The molecule has 0 spiro atoms. The van der Waals surface area contributed by atoms with Gasteiger partial charge in [-0.1, -0.05) is 0 Å². The molecule has 0 aliphatic carbocycles. The van der Waals surface area contributed by atoms with Gasteiger partial charge in [0.2, 0.25) is 0 Å². The third kappa shape index (κ3) is 4.64. The maximum atomic E-state index is 10.9. The molecule has 3 amide bonds. The minimum absolute atomic E-state index is 0.271. The van der Waals surface area contributed by atoms with Crippen LogP contribution in [-0.4, -0.2) is 31.2 Å². The molecule has 0 aromatic carbocycles. The van der Waals surface area contributed by atoms with Crippen molar-refractivity contribution in [2.24, 2.45) is 11.5 Å². The van der Waals surface area contributed by atoms with Crippen LogP contribution in [0.3, 0.4) is 0 Å². The summed E-state index contributed by atoms with van der Waals surface area (Å²) in [5, 5.41) is 1.89. The van der Waals surface area contributed by atoms with E-state index in [1.54, 1.807) is 0 Å². The maximum Gasteiger partial charge on any atom is 0.318 e. The molecule has 0 aliphatic heterocycles. The van der Waals surface area contributed by atoms with Gasteiger partial charge in [-0.2, -0.15) is 0 Å². The zero-order valence-electron chi connectivity index (χ0n) is 6.87. The van der Waals surface area contributed by atoms with E-state index in [0.29, 0.717) is 6.54 Å². The lowest BCUT2D eigenvalue weighted by atomic mass is 10.4. The second-order valence-electron chi connectivity index (χ2n) is 2.16. The summed E-state index contributed by atoms with van der Waals surface area (Å²) >= 11 is 0. The standard InChI is InChI=1S/C6H13N3O3/c1-4(12-3-2-7)5(10)9-6(8)11/h4H,2-3,7H2,1H3,(H3,8,9,10,11). The third-order valence-corrected chi connectivity index (χ3v) is 1.10. The number of hydrogen-bond donors (Lipinski definition) is 3. The summed E-state index contributed by atoms with van der Waals surface area (Å²) in [6.07, 6.45) is -0.707. The number of primary amides is 1. The van der Waals surface area contributed by atoms with Crippen LogP contribution in [-0.2, 0) is 9.53 Å². The average molecular weight is 175 g/mol. The van der Waals surface area contributed by atoms with E-state index in [-0.39, 0.29) is 6.61 Å². The van der Waals surface area contributed by atoms with Crippen LogP contribution in [0.5, 0.6) is 0 Å². The molecular weight excluding hydrogens is 162 g/mol. The molecule has 0 aromatic heterocycles. The maximum absolute atomic E-state index is 10.9. The van der Waals surface area contributed by atoms with Crippen molar-refractivity contribution in [3.8, 4) is 0 Å². The second-order valence-corrected chi connectivity index (χ2v) is 2.16. The molecular formula is C6H13N3O3. The fourth-order valence-corrected chi connectivity index (χ4v) is 0.544. The number of urea groups is 1. The number of hydrogen-bond acceptors (Lipinski definition) is 4. The van der Waals surface area contributed by atoms with E-state index in [1.165, 1.54) is 6.92 Å². The molecule has 1 atom stereocenters. The van der Waals surface area contributed by atoms with Gasteiger partial charge < -0.3 is 16.2 Å².